The summed E-state index contributed by atoms with van der Waals surface area (Å²) in [5.74, 6) is 0. The molecule has 1 heterocycles. The molecule has 0 aromatic heterocycles. The largest absolute Gasteiger partial charge is 0.389 e. The van der Waals surface area contributed by atoms with Crippen molar-refractivity contribution in [2.75, 3.05) is 13.2 Å². The highest BCUT2D eigenvalue weighted by atomic mass is 16.5. The molecule has 1 unspecified atom stereocenters. The molecule has 0 spiro atoms. The fourth-order valence-corrected chi connectivity index (χ4v) is 2.97. The van der Waals surface area contributed by atoms with Crippen molar-refractivity contribution in [3.63, 3.8) is 0 Å². The van der Waals surface area contributed by atoms with Gasteiger partial charge in [0.25, 0.3) is 0 Å². The van der Waals surface area contributed by atoms with Crippen LogP contribution in [0.4, 0.5) is 0 Å². The summed E-state index contributed by atoms with van der Waals surface area (Å²) in [6.45, 7) is 1.44. The van der Waals surface area contributed by atoms with Crippen LogP contribution in [0.2, 0.25) is 0 Å². The molecule has 1 fully saturated rings. The molecule has 19 heavy (non-hydrogen) atoms. The zero-order chi connectivity index (χ0) is 13.1. The van der Waals surface area contributed by atoms with Crippen molar-refractivity contribution in [1.82, 2.24) is 0 Å². The molecule has 1 atom stereocenters. The summed E-state index contributed by atoms with van der Waals surface area (Å²) >= 11 is 0. The van der Waals surface area contributed by atoms with Crippen LogP contribution in [0.5, 0.6) is 0 Å². The van der Waals surface area contributed by atoms with Crippen molar-refractivity contribution in [1.29, 1.82) is 0 Å². The molecule has 2 aromatic carbocycles. The second-order valence-electron chi connectivity index (χ2n) is 5.51. The van der Waals surface area contributed by atoms with E-state index in [4.69, 9.17) is 4.74 Å². The van der Waals surface area contributed by atoms with Gasteiger partial charge in [0.15, 0.2) is 0 Å². The highest BCUT2D eigenvalue weighted by molar-refractivity contribution is 5.85. The molecule has 100 valence electrons. The number of aliphatic hydroxyl groups is 1. The number of hydrogen-bond donors (Lipinski definition) is 1. The summed E-state index contributed by atoms with van der Waals surface area (Å²) in [7, 11) is 0. The van der Waals surface area contributed by atoms with E-state index in [1.54, 1.807) is 0 Å². The molecule has 0 aliphatic carbocycles. The first-order valence-corrected chi connectivity index (χ1v) is 7.04. The first-order chi connectivity index (χ1) is 9.27. The van der Waals surface area contributed by atoms with E-state index >= 15 is 0 Å². The molecule has 1 N–H and O–H groups in total. The van der Waals surface area contributed by atoms with Gasteiger partial charge >= 0.3 is 0 Å². The van der Waals surface area contributed by atoms with Gasteiger partial charge in [-0.3, -0.25) is 0 Å². The van der Waals surface area contributed by atoms with Crippen LogP contribution in [0.25, 0.3) is 10.8 Å². The van der Waals surface area contributed by atoms with Gasteiger partial charge in [-0.2, -0.15) is 0 Å². The minimum absolute atomic E-state index is 0.610. The lowest BCUT2D eigenvalue weighted by Crippen LogP contribution is -2.31. The molecule has 1 saturated heterocycles. The third-order valence-electron chi connectivity index (χ3n) is 4.04. The number of hydrogen-bond acceptors (Lipinski definition) is 2. The van der Waals surface area contributed by atoms with Crippen LogP contribution in [-0.4, -0.2) is 23.9 Å². The van der Waals surface area contributed by atoms with Crippen molar-refractivity contribution in [3.8, 4) is 0 Å². The van der Waals surface area contributed by atoms with E-state index in [0.717, 1.165) is 32.3 Å². The van der Waals surface area contributed by atoms with Crippen molar-refractivity contribution < 1.29 is 9.84 Å². The second kappa shape index (κ2) is 5.32. The average molecular weight is 256 g/mol. The highest BCUT2D eigenvalue weighted by Gasteiger charge is 2.29. The van der Waals surface area contributed by atoms with Crippen molar-refractivity contribution in [2.24, 2.45) is 0 Å². The fraction of sp³-hybridized carbons (Fsp3) is 0.412. The quantitative estimate of drug-likeness (QED) is 0.893. The Balaban J connectivity index is 1.92. The Morgan fingerprint density at radius 2 is 1.84 bits per heavy atom. The minimum Gasteiger partial charge on any atom is -0.389 e. The van der Waals surface area contributed by atoms with Gasteiger partial charge in [0, 0.05) is 19.6 Å². The maximum atomic E-state index is 10.8. The van der Waals surface area contributed by atoms with E-state index < -0.39 is 5.60 Å². The molecular formula is C17H20O2. The van der Waals surface area contributed by atoms with Gasteiger partial charge in [0.1, 0.15) is 0 Å². The highest BCUT2D eigenvalue weighted by Crippen LogP contribution is 2.29. The fourth-order valence-electron chi connectivity index (χ4n) is 2.97. The van der Waals surface area contributed by atoms with Gasteiger partial charge in [-0.05, 0) is 35.6 Å². The summed E-state index contributed by atoms with van der Waals surface area (Å²) in [4.78, 5) is 0. The van der Waals surface area contributed by atoms with Gasteiger partial charge in [-0.15, -0.1) is 0 Å². The van der Waals surface area contributed by atoms with Crippen LogP contribution < -0.4 is 0 Å². The predicted octanol–water partition coefficient (Wildman–Crippen LogP) is 3.31. The Kier molecular flexibility index (Phi) is 3.54. The van der Waals surface area contributed by atoms with E-state index in [2.05, 4.69) is 42.5 Å². The Morgan fingerprint density at radius 1 is 1.00 bits per heavy atom. The topological polar surface area (TPSA) is 29.5 Å². The molecule has 2 heteroatoms. The molecule has 0 saturated carbocycles. The molecule has 1 aliphatic heterocycles. The van der Waals surface area contributed by atoms with Gasteiger partial charge in [0.05, 0.1) is 5.60 Å². The number of benzene rings is 2. The summed E-state index contributed by atoms with van der Waals surface area (Å²) in [6, 6.07) is 14.7. The molecular weight excluding hydrogens is 236 g/mol. The van der Waals surface area contributed by atoms with Crippen molar-refractivity contribution in [2.45, 2.75) is 31.3 Å². The minimum atomic E-state index is -0.610. The number of ether oxygens (including phenoxy) is 1. The molecule has 0 amide bonds. The lowest BCUT2D eigenvalue weighted by Gasteiger charge is -2.26. The third kappa shape index (κ3) is 2.80. The number of rotatable bonds is 2. The maximum Gasteiger partial charge on any atom is 0.0710 e. The van der Waals surface area contributed by atoms with E-state index in [1.807, 2.05) is 0 Å². The van der Waals surface area contributed by atoms with Gasteiger partial charge in [-0.25, -0.2) is 0 Å². The van der Waals surface area contributed by atoms with E-state index in [0.29, 0.717) is 6.61 Å². The smallest absolute Gasteiger partial charge is 0.0710 e. The Hall–Kier alpha value is -1.38. The average Bonchev–Trinajstić information content (AvgIpc) is 2.64. The van der Waals surface area contributed by atoms with Crippen LogP contribution >= 0.6 is 0 Å². The molecule has 2 aromatic rings. The van der Waals surface area contributed by atoms with Crippen LogP contribution in [0, 0.1) is 0 Å². The molecule has 0 radical (unpaired) electrons. The SMILES string of the molecule is OC1(Cc2cccc3ccccc23)CCCOCC1. The van der Waals surface area contributed by atoms with Gasteiger partial charge in [-0.1, -0.05) is 42.5 Å². The summed E-state index contributed by atoms with van der Waals surface area (Å²) < 4.78 is 5.46. The Bertz CT molecular complexity index is 549. The van der Waals surface area contributed by atoms with Crippen molar-refractivity contribution >= 4 is 10.8 Å². The van der Waals surface area contributed by atoms with Crippen LogP contribution in [0.1, 0.15) is 24.8 Å². The summed E-state index contributed by atoms with van der Waals surface area (Å²) in [5, 5.41) is 13.3. The molecule has 1 aliphatic rings. The van der Waals surface area contributed by atoms with Crippen LogP contribution in [0.3, 0.4) is 0 Å². The number of fused-ring (bicyclic) bond motifs is 1. The summed E-state index contributed by atoms with van der Waals surface area (Å²) in [5.41, 5.74) is 0.628. The van der Waals surface area contributed by atoms with E-state index in [9.17, 15) is 5.11 Å². The Labute approximate surface area is 114 Å². The second-order valence-corrected chi connectivity index (χ2v) is 5.51. The zero-order valence-electron chi connectivity index (χ0n) is 11.1. The molecule has 0 bridgehead atoms. The lowest BCUT2D eigenvalue weighted by molar-refractivity contribution is 0.0191. The van der Waals surface area contributed by atoms with E-state index in [-0.39, 0.29) is 0 Å². The maximum absolute atomic E-state index is 10.8. The Morgan fingerprint density at radius 3 is 2.79 bits per heavy atom. The normalized spacial score (nSPS) is 24.3. The third-order valence-corrected chi connectivity index (χ3v) is 4.04. The zero-order valence-corrected chi connectivity index (χ0v) is 11.1. The first-order valence-electron chi connectivity index (χ1n) is 7.04. The monoisotopic (exact) mass is 256 g/mol. The van der Waals surface area contributed by atoms with E-state index in [1.165, 1.54) is 16.3 Å². The van der Waals surface area contributed by atoms with Gasteiger partial charge < -0.3 is 9.84 Å². The summed E-state index contributed by atoms with van der Waals surface area (Å²) in [6.07, 6.45) is 3.23. The van der Waals surface area contributed by atoms with Gasteiger partial charge in [0.2, 0.25) is 0 Å². The van der Waals surface area contributed by atoms with Crippen LogP contribution in [0.15, 0.2) is 42.5 Å². The lowest BCUT2D eigenvalue weighted by atomic mass is 9.86. The first kappa shape index (κ1) is 12.6. The standard InChI is InChI=1S/C17H20O2/c18-17(9-4-11-19-12-10-17)13-15-7-3-6-14-5-1-2-8-16(14)15/h1-3,5-8,18H,4,9-13H2. The molecule has 3 rings (SSSR count). The molecule has 2 nitrogen and oxygen atoms in total. The van der Waals surface area contributed by atoms with Crippen molar-refractivity contribution in [3.05, 3.63) is 48.0 Å². The predicted molar refractivity (Wildman–Crippen MR) is 77.3 cm³/mol. The van der Waals surface area contributed by atoms with Crippen LogP contribution in [-0.2, 0) is 11.2 Å².